The van der Waals surface area contributed by atoms with Crippen LogP contribution in [0.1, 0.15) is 6.92 Å². The maximum Gasteiger partial charge on any atom is 0.246 e. The van der Waals surface area contributed by atoms with E-state index >= 15 is 0 Å². The van der Waals surface area contributed by atoms with Crippen molar-refractivity contribution in [2.45, 2.75) is 6.92 Å². The average Bonchev–Trinajstić information content (AvgIpc) is 2.10. The Bertz CT molecular complexity index is 236. The van der Waals surface area contributed by atoms with E-state index < -0.39 is 5.91 Å². The molecule has 2 N–H and O–H groups in total. The van der Waals surface area contributed by atoms with E-state index in [2.05, 4.69) is 17.2 Å². The summed E-state index contributed by atoms with van der Waals surface area (Å²) in [7, 11) is 0. The molecule has 0 aliphatic carbocycles. The molecule has 0 unspecified atom stereocenters. The van der Waals surface area contributed by atoms with Gasteiger partial charge in [-0.05, 0) is 6.92 Å². The Balaban J connectivity index is 3.63. The van der Waals surface area contributed by atoms with Crippen LogP contribution in [-0.4, -0.2) is 31.2 Å². The van der Waals surface area contributed by atoms with Gasteiger partial charge in [-0.3, -0.25) is 9.59 Å². The van der Waals surface area contributed by atoms with Gasteiger partial charge in [0.2, 0.25) is 11.8 Å². The molecular formula is C8H12N2O3. The third-order valence-electron chi connectivity index (χ3n) is 1.18. The number of hydrogen-bond donors (Lipinski definition) is 2. The lowest BCUT2D eigenvalue weighted by atomic mass is 10.3. The number of carbonyl (C=O) groups is 3. The summed E-state index contributed by atoms with van der Waals surface area (Å²) in [5.74, 6) is -0.775. The molecule has 0 aromatic carbocycles. The van der Waals surface area contributed by atoms with Gasteiger partial charge in [0.25, 0.3) is 0 Å². The predicted molar refractivity (Wildman–Crippen MR) is 46.9 cm³/mol. The Labute approximate surface area is 76.2 Å². The Kier molecular flexibility index (Phi) is 5.18. The van der Waals surface area contributed by atoms with Crippen molar-refractivity contribution in [1.29, 1.82) is 0 Å². The lowest BCUT2D eigenvalue weighted by Gasteiger charge is -2.03. The molecule has 0 saturated heterocycles. The highest BCUT2D eigenvalue weighted by Gasteiger charge is 2.04. The van der Waals surface area contributed by atoms with Crippen molar-refractivity contribution in [3.63, 3.8) is 0 Å². The van der Waals surface area contributed by atoms with E-state index in [4.69, 9.17) is 0 Å². The molecule has 13 heavy (non-hydrogen) atoms. The van der Waals surface area contributed by atoms with Gasteiger partial charge in [-0.15, -0.1) is 0 Å². The second-order valence-electron chi connectivity index (χ2n) is 2.43. The summed E-state index contributed by atoms with van der Waals surface area (Å²) in [5, 5.41) is 4.60. The fourth-order valence-corrected chi connectivity index (χ4v) is 0.529. The molecule has 5 heteroatoms. The summed E-state index contributed by atoms with van der Waals surface area (Å²) in [6.45, 7) is 4.76. The first-order chi connectivity index (χ1) is 6.07. The Morgan fingerprint density at radius 2 is 2.00 bits per heavy atom. The lowest BCUT2D eigenvalue weighted by Crippen LogP contribution is -2.37. The summed E-state index contributed by atoms with van der Waals surface area (Å²) in [4.78, 5) is 31.5. The van der Waals surface area contributed by atoms with E-state index in [1.807, 2.05) is 0 Å². The molecule has 0 fully saturated rings. The summed E-state index contributed by atoms with van der Waals surface area (Å²) in [6, 6.07) is 0. The number of amides is 2. The van der Waals surface area contributed by atoms with Crippen molar-refractivity contribution in [3.05, 3.63) is 12.2 Å². The van der Waals surface area contributed by atoms with Crippen LogP contribution in [0.4, 0.5) is 0 Å². The number of hydrogen-bond acceptors (Lipinski definition) is 3. The quantitative estimate of drug-likeness (QED) is 0.425. The first-order valence-corrected chi connectivity index (χ1v) is 3.72. The molecule has 0 spiro atoms. The molecule has 0 rings (SSSR count). The molecule has 0 heterocycles. The van der Waals surface area contributed by atoms with Gasteiger partial charge in [0.05, 0.1) is 13.1 Å². The largest absolute Gasteiger partial charge is 0.348 e. The van der Waals surface area contributed by atoms with Crippen molar-refractivity contribution in [3.8, 4) is 0 Å². The highest BCUT2D eigenvalue weighted by molar-refractivity contribution is 5.94. The van der Waals surface area contributed by atoms with Crippen LogP contribution in [0.25, 0.3) is 0 Å². The third kappa shape index (κ3) is 5.60. The molecule has 0 radical (unpaired) electrons. The minimum atomic E-state index is -0.401. The van der Waals surface area contributed by atoms with Crippen LogP contribution in [0.15, 0.2) is 12.2 Å². The van der Waals surface area contributed by atoms with Crippen LogP contribution in [0.3, 0.4) is 0 Å². The van der Waals surface area contributed by atoms with Gasteiger partial charge < -0.3 is 15.4 Å². The zero-order valence-electron chi connectivity index (χ0n) is 7.42. The SMILES string of the molecule is C=C(C)C(=O)NCC(=O)NCC=O. The lowest BCUT2D eigenvalue weighted by molar-refractivity contribution is -0.124. The molecule has 0 aromatic heterocycles. The van der Waals surface area contributed by atoms with Crippen LogP contribution < -0.4 is 10.6 Å². The van der Waals surface area contributed by atoms with Gasteiger partial charge in [0.1, 0.15) is 6.29 Å². The van der Waals surface area contributed by atoms with Gasteiger partial charge in [-0.25, -0.2) is 0 Å². The van der Waals surface area contributed by atoms with E-state index in [1.54, 1.807) is 6.92 Å². The average molecular weight is 184 g/mol. The van der Waals surface area contributed by atoms with Gasteiger partial charge in [-0.2, -0.15) is 0 Å². The highest BCUT2D eigenvalue weighted by atomic mass is 16.2. The summed E-state index contributed by atoms with van der Waals surface area (Å²) in [6.07, 6.45) is 0.568. The normalized spacial score (nSPS) is 8.69. The van der Waals surface area contributed by atoms with E-state index in [0.29, 0.717) is 11.9 Å². The molecule has 0 aliphatic rings. The Morgan fingerprint density at radius 3 is 2.46 bits per heavy atom. The van der Waals surface area contributed by atoms with Crippen molar-refractivity contribution >= 4 is 18.1 Å². The molecule has 0 atom stereocenters. The highest BCUT2D eigenvalue weighted by Crippen LogP contribution is 1.83. The number of aldehydes is 1. The first kappa shape index (κ1) is 11.4. The molecule has 5 nitrogen and oxygen atoms in total. The predicted octanol–water partition coefficient (Wildman–Crippen LogP) is -1.01. The van der Waals surface area contributed by atoms with Crippen LogP contribution in [0.2, 0.25) is 0 Å². The van der Waals surface area contributed by atoms with Crippen molar-refractivity contribution in [1.82, 2.24) is 10.6 Å². The Hall–Kier alpha value is -1.65. The maximum atomic E-state index is 10.9. The van der Waals surface area contributed by atoms with Crippen LogP contribution >= 0.6 is 0 Å². The molecule has 2 amide bonds. The summed E-state index contributed by atoms with van der Waals surface area (Å²) in [5.41, 5.74) is 0.336. The smallest absolute Gasteiger partial charge is 0.246 e. The second-order valence-corrected chi connectivity index (χ2v) is 2.43. The molecular weight excluding hydrogens is 172 g/mol. The van der Waals surface area contributed by atoms with E-state index in [-0.39, 0.29) is 19.0 Å². The fourth-order valence-electron chi connectivity index (χ4n) is 0.529. The fraction of sp³-hybridized carbons (Fsp3) is 0.375. The van der Waals surface area contributed by atoms with Crippen LogP contribution in [-0.2, 0) is 14.4 Å². The van der Waals surface area contributed by atoms with Crippen LogP contribution in [0, 0.1) is 0 Å². The standard InChI is InChI=1S/C8H12N2O3/c1-6(2)8(13)10-5-7(12)9-3-4-11/h4H,1,3,5H2,2H3,(H,9,12)(H,10,13). The minimum Gasteiger partial charge on any atom is -0.348 e. The van der Waals surface area contributed by atoms with E-state index in [1.165, 1.54) is 0 Å². The first-order valence-electron chi connectivity index (χ1n) is 3.72. The van der Waals surface area contributed by atoms with Crippen molar-refractivity contribution in [2.24, 2.45) is 0 Å². The molecule has 0 bridgehead atoms. The molecule has 0 aliphatic heterocycles. The topological polar surface area (TPSA) is 75.3 Å². The summed E-state index contributed by atoms with van der Waals surface area (Å²) >= 11 is 0. The molecule has 72 valence electrons. The zero-order chi connectivity index (χ0) is 10.3. The van der Waals surface area contributed by atoms with E-state index in [0.717, 1.165) is 0 Å². The maximum absolute atomic E-state index is 10.9. The zero-order valence-corrected chi connectivity index (χ0v) is 7.42. The summed E-state index contributed by atoms with van der Waals surface area (Å²) < 4.78 is 0. The van der Waals surface area contributed by atoms with Gasteiger partial charge in [0, 0.05) is 5.57 Å². The third-order valence-corrected chi connectivity index (χ3v) is 1.18. The van der Waals surface area contributed by atoms with Crippen LogP contribution in [0.5, 0.6) is 0 Å². The number of rotatable bonds is 5. The number of nitrogens with one attached hydrogen (secondary N) is 2. The van der Waals surface area contributed by atoms with E-state index in [9.17, 15) is 14.4 Å². The molecule has 0 aromatic rings. The Morgan fingerprint density at radius 1 is 1.38 bits per heavy atom. The minimum absolute atomic E-state index is 0.0399. The molecule has 0 saturated carbocycles. The monoisotopic (exact) mass is 184 g/mol. The van der Waals surface area contributed by atoms with Gasteiger partial charge in [-0.1, -0.05) is 6.58 Å². The van der Waals surface area contributed by atoms with Gasteiger partial charge in [0.15, 0.2) is 0 Å². The van der Waals surface area contributed by atoms with Crippen molar-refractivity contribution in [2.75, 3.05) is 13.1 Å². The van der Waals surface area contributed by atoms with Gasteiger partial charge >= 0.3 is 0 Å². The second kappa shape index (κ2) is 5.93. The van der Waals surface area contributed by atoms with Crippen molar-refractivity contribution < 1.29 is 14.4 Å². The number of carbonyl (C=O) groups excluding carboxylic acids is 3.